The van der Waals surface area contributed by atoms with Crippen LogP contribution in [-0.2, 0) is 20.7 Å². The molecule has 1 aromatic carbocycles. The number of cyclic esters (lactones) is 1. The van der Waals surface area contributed by atoms with Crippen molar-refractivity contribution in [1.82, 2.24) is 9.88 Å². The maximum Gasteiger partial charge on any atom is 0.415 e. The summed E-state index contributed by atoms with van der Waals surface area (Å²) in [5, 5.41) is 4.31. The summed E-state index contributed by atoms with van der Waals surface area (Å²) >= 11 is 0. The maximum absolute atomic E-state index is 12.5. The lowest BCUT2D eigenvalue weighted by molar-refractivity contribution is -0.0000400. The van der Waals surface area contributed by atoms with Crippen LogP contribution in [0.25, 0.3) is 11.1 Å². The number of pyridine rings is 1. The molecule has 0 radical (unpaired) electrons. The zero-order valence-corrected chi connectivity index (χ0v) is 20.5. The topological polar surface area (TPSA) is 88.8 Å². The molecule has 188 valence electrons. The number of aromatic nitrogens is 1. The van der Waals surface area contributed by atoms with E-state index in [1.54, 1.807) is 4.90 Å². The number of nitrogens with zero attached hydrogens (tertiary/aromatic N) is 5. The van der Waals surface area contributed by atoms with E-state index < -0.39 is 0 Å². The molecule has 2 unspecified atom stereocenters. The minimum atomic E-state index is -0.277. The fourth-order valence-electron chi connectivity index (χ4n) is 5.41. The molecule has 9 nitrogen and oxygen atoms in total. The molecule has 9 heteroatoms. The number of carbonyl (C=O) groups excluding carboxylic acids is 1. The molecule has 0 aliphatic carbocycles. The number of morpholine rings is 1. The van der Waals surface area contributed by atoms with Gasteiger partial charge in [0, 0.05) is 37.8 Å². The molecule has 0 N–H and O–H groups in total. The fourth-order valence-corrected chi connectivity index (χ4v) is 5.41. The van der Waals surface area contributed by atoms with E-state index in [9.17, 15) is 4.79 Å². The van der Waals surface area contributed by atoms with Crippen molar-refractivity contribution in [3.05, 3.63) is 47.8 Å². The summed E-state index contributed by atoms with van der Waals surface area (Å²) in [5.74, 6) is 0. The Labute approximate surface area is 210 Å². The van der Waals surface area contributed by atoms with Gasteiger partial charge < -0.3 is 14.3 Å². The smallest absolute Gasteiger partial charge is 0.415 e. The van der Waals surface area contributed by atoms with Crippen molar-refractivity contribution in [2.24, 2.45) is 10.1 Å². The van der Waals surface area contributed by atoms with Crippen molar-refractivity contribution in [3.63, 3.8) is 0 Å². The molecule has 0 spiro atoms. The molecule has 1 amide bonds. The Kier molecular flexibility index (Phi) is 6.41. The van der Waals surface area contributed by atoms with E-state index in [-0.39, 0.29) is 24.3 Å². The fraction of sp³-hybridized carbons (Fsp3) is 0.481. The van der Waals surface area contributed by atoms with E-state index in [1.165, 1.54) is 0 Å². The number of fused-ring (bicyclic) bond motifs is 3. The van der Waals surface area contributed by atoms with Gasteiger partial charge in [-0.2, -0.15) is 0 Å². The first kappa shape index (κ1) is 23.1. The van der Waals surface area contributed by atoms with Crippen molar-refractivity contribution in [3.8, 4) is 11.1 Å². The second-order valence-corrected chi connectivity index (χ2v) is 9.68. The van der Waals surface area contributed by atoms with Crippen LogP contribution < -0.4 is 4.90 Å². The molecule has 2 fully saturated rings. The SMILES string of the molecule is CC/C=N\CC1OC(=O)N2c3ccc(-c4ccc(C5=NOC(CN6CCOCC6)C5)nc4)cc3C[C@@H]12. The minimum absolute atomic E-state index is 0.00282. The summed E-state index contributed by atoms with van der Waals surface area (Å²) in [6.45, 7) is 6.86. The summed E-state index contributed by atoms with van der Waals surface area (Å²) in [5.41, 5.74) is 5.95. The van der Waals surface area contributed by atoms with E-state index in [2.05, 4.69) is 27.2 Å². The first-order valence-electron chi connectivity index (χ1n) is 12.8. The molecule has 0 bridgehead atoms. The standard InChI is InChI=1S/C27H31N5O4/c1-2-7-28-16-26-25-13-20-12-18(4-6-24(20)32(25)27(33)35-26)19-3-5-22(29-15-19)23-14-21(36-30-23)17-31-8-10-34-11-9-31/h3-7,12,15,21,25-26H,2,8-11,13-14,16-17H2,1H3/b28-7-/t21?,25-,26?/m0/s1. The van der Waals surface area contributed by atoms with E-state index in [0.717, 1.165) is 85.9 Å². The molecule has 4 aliphatic heterocycles. The highest BCUT2D eigenvalue weighted by Gasteiger charge is 2.47. The van der Waals surface area contributed by atoms with Crippen molar-refractivity contribution >= 4 is 23.7 Å². The number of hydrogen-bond acceptors (Lipinski definition) is 8. The number of carbonyl (C=O) groups is 1. The Balaban J connectivity index is 1.12. The average molecular weight is 490 g/mol. The lowest BCUT2D eigenvalue weighted by atomic mass is 10.00. The van der Waals surface area contributed by atoms with Gasteiger partial charge in [0.05, 0.1) is 37.2 Å². The van der Waals surface area contributed by atoms with Crippen LogP contribution in [0.5, 0.6) is 0 Å². The average Bonchev–Trinajstić information content (AvgIpc) is 3.60. The number of hydrogen-bond donors (Lipinski definition) is 0. The molecule has 1 aromatic heterocycles. The number of rotatable bonds is 7. The van der Waals surface area contributed by atoms with Gasteiger partial charge in [-0.1, -0.05) is 24.2 Å². The molecule has 0 saturated carbocycles. The molecule has 5 heterocycles. The Hall–Kier alpha value is -3.30. The van der Waals surface area contributed by atoms with Crippen molar-refractivity contribution in [1.29, 1.82) is 0 Å². The highest BCUT2D eigenvalue weighted by molar-refractivity contribution is 6.00. The zero-order valence-electron chi connectivity index (χ0n) is 20.5. The molecule has 3 atom stereocenters. The molecule has 36 heavy (non-hydrogen) atoms. The quantitative estimate of drug-likeness (QED) is 0.555. The number of ether oxygens (including phenoxy) is 2. The summed E-state index contributed by atoms with van der Waals surface area (Å²) in [4.78, 5) is 31.5. The minimum Gasteiger partial charge on any atom is -0.442 e. The Bertz CT molecular complexity index is 1180. The van der Waals surface area contributed by atoms with Gasteiger partial charge >= 0.3 is 6.09 Å². The lowest BCUT2D eigenvalue weighted by Gasteiger charge is -2.27. The second-order valence-electron chi connectivity index (χ2n) is 9.68. The molecule has 2 saturated heterocycles. The molecule has 6 rings (SSSR count). The van der Waals surface area contributed by atoms with Gasteiger partial charge in [0.15, 0.2) is 0 Å². The zero-order chi connectivity index (χ0) is 24.5. The summed E-state index contributed by atoms with van der Waals surface area (Å²) < 4.78 is 11.0. The molecule has 4 aliphatic rings. The largest absolute Gasteiger partial charge is 0.442 e. The maximum atomic E-state index is 12.5. The van der Waals surface area contributed by atoms with Gasteiger partial charge in [-0.05, 0) is 48.4 Å². The van der Waals surface area contributed by atoms with E-state index in [1.807, 2.05) is 37.5 Å². The van der Waals surface area contributed by atoms with Gasteiger partial charge in [0.1, 0.15) is 17.9 Å². The van der Waals surface area contributed by atoms with Crippen LogP contribution in [0.15, 0.2) is 46.7 Å². The van der Waals surface area contributed by atoms with E-state index in [0.29, 0.717) is 6.54 Å². The van der Waals surface area contributed by atoms with Gasteiger partial charge in [-0.15, -0.1) is 0 Å². The van der Waals surface area contributed by atoms with Crippen molar-refractivity contribution < 1.29 is 19.1 Å². The highest BCUT2D eigenvalue weighted by Crippen LogP contribution is 2.40. The van der Waals surface area contributed by atoms with Crippen LogP contribution in [0.3, 0.4) is 0 Å². The molecule has 2 aromatic rings. The molecular formula is C27H31N5O4. The van der Waals surface area contributed by atoms with Crippen LogP contribution in [0.1, 0.15) is 31.0 Å². The Morgan fingerprint density at radius 3 is 2.81 bits per heavy atom. The summed E-state index contributed by atoms with van der Waals surface area (Å²) in [6.07, 6.45) is 5.75. The third-order valence-corrected chi connectivity index (χ3v) is 7.27. The van der Waals surface area contributed by atoms with Crippen molar-refractivity contribution in [2.75, 3.05) is 44.3 Å². The summed E-state index contributed by atoms with van der Waals surface area (Å²) in [6, 6.07) is 10.3. The molecular weight excluding hydrogens is 458 g/mol. The number of benzene rings is 1. The number of oxime groups is 1. The van der Waals surface area contributed by atoms with Gasteiger partial charge in [0.25, 0.3) is 0 Å². The van der Waals surface area contributed by atoms with Crippen LogP contribution in [-0.4, -0.2) is 85.5 Å². The predicted octanol–water partition coefficient (Wildman–Crippen LogP) is 3.30. The number of aliphatic imine (C=N–C) groups is 1. The van der Waals surface area contributed by atoms with Crippen LogP contribution in [0, 0.1) is 0 Å². The third-order valence-electron chi connectivity index (χ3n) is 7.27. The van der Waals surface area contributed by atoms with Crippen LogP contribution in [0.2, 0.25) is 0 Å². The first-order valence-corrected chi connectivity index (χ1v) is 12.8. The van der Waals surface area contributed by atoms with E-state index >= 15 is 0 Å². The monoisotopic (exact) mass is 489 g/mol. The van der Waals surface area contributed by atoms with Crippen LogP contribution in [0.4, 0.5) is 10.5 Å². The summed E-state index contributed by atoms with van der Waals surface area (Å²) in [7, 11) is 0. The lowest BCUT2D eigenvalue weighted by Crippen LogP contribution is -2.41. The van der Waals surface area contributed by atoms with Crippen molar-refractivity contribution in [2.45, 2.75) is 44.4 Å². The number of anilines is 1. The highest BCUT2D eigenvalue weighted by atomic mass is 16.6. The van der Waals surface area contributed by atoms with Crippen LogP contribution >= 0.6 is 0 Å². The first-order chi connectivity index (χ1) is 17.7. The normalized spacial score (nSPS) is 25.6. The third kappa shape index (κ3) is 4.49. The Morgan fingerprint density at radius 2 is 2.00 bits per heavy atom. The number of amides is 1. The predicted molar refractivity (Wildman–Crippen MR) is 137 cm³/mol. The Morgan fingerprint density at radius 1 is 1.14 bits per heavy atom. The van der Waals surface area contributed by atoms with E-state index in [4.69, 9.17) is 19.3 Å². The van der Waals surface area contributed by atoms with Gasteiger partial charge in [-0.3, -0.25) is 19.8 Å². The van der Waals surface area contributed by atoms with Gasteiger partial charge in [-0.25, -0.2) is 4.79 Å². The second kappa shape index (κ2) is 9.99. The van der Waals surface area contributed by atoms with Gasteiger partial charge in [0.2, 0.25) is 0 Å².